The number of Topliss-reactive ketones (excluding diaryl/α,β-unsaturated/α-hetero) is 1. The van der Waals surface area contributed by atoms with Crippen LogP contribution in [0.2, 0.25) is 0 Å². The van der Waals surface area contributed by atoms with Crippen molar-refractivity contribution in [3.8, 4) is 0 Å². The minimum atomic E-state index is 0.198. The summed E-state index contributed by atoms with van der Waals surface area (Å²) in [6.45, 7) is 8.53. The number of rotatable bonds is 5. The van der Waals surface area contributed by atoms with Gasteiger partial charge in [0.25, 0.3) is 0 Å². The molecule has 2 heterocycles. The Morgan fingerprint density at radius 2 is 1.95 bits per heavy atom. The van der Waals surface area contributed by atoms with Crippen LogP contribution in [0.15, 0.2) is 12.4 Å². The van der Waals surface area contributed by atoms with E-state index >= 15 is 0 Å². The average Bonchev–Trinajstić information content (AvgIpc) is 2.95. The maximum Gasteiger partial charge on any atom is 0.138 e. The summed E-state index contributed by atoms with van der Waals surface area (Å²) in [5.74, 6) is 1.000. The molecule has 0 spiro atoms. The van der Waals surface area contributed by atoms with E-state index in [-0.39, 0.29) is 5.92 Å². The van der Waals surface area contributed by atoms with Crippen molar-refractivity contribution in [2.45, 2.75) is 65.0 Å². The molecule has 1 aliphatic carbocycles. The molecule has 1 aromatic heterocycles. The second-order valence-corrected chi connectivity index (χ2v) is 7.33. The van der Waals surface area contributed by atoms with Gasteiger partial charge < -0.3 is 4.90 Å². The van der Waals surface area contributed by atoms with Crippen LogP contribution in [-0.2, 0) is 11.2 Å². The number of nitrogens with zero attached hydrogens (tertiary/aromatic N) is 3. The van der Waals surface area contributed by atoms with Gasteiger partial charge in [0.15, 0.2) is 0 Å². The van der Waals surface area contributed by atoms with Crippen LogP contribution in [0.3, 0.4) is 0 Å². The average molecular weight is 303 g/mol. The van der Waals surface area contributed by atoms with Gasteiger partial charge in [-0.3, -0.25) is 9.48 Å². The minimum Gasteiger partial charge on any atom is -0.300 e. The number of aryl methyl sites for hydroxylation is 1. The highest BCUT2D eigenvalue weighted by atomic mass is 16.1. The molecule has 2 aliphatic rings. The molecule has 4 heteroatoms. The van der Waals surface area contributed by atoms with Crippen molar-refractivity contribution < 1.29 is 4.79 Å². The van der Waals surface area contributed by atoms with Gasteiger partial charge in [-0.05, 0) is 37.7 Å². The Kier molecular flexibility index (Phi) is 4.67. The third-order valence-corrected chi connectivity index (χ3v) is 5.54. The first-order chi connectivity index (χ1) is 10.6. The minimum absolute atomic E-state index is 0.198. The fourth-order valence-corrected chi connectivity index (χ4v) is 3.86. The first-order valence-corrected chi connectivity index (χ1v) is 8.89. The van der Waals surface area contributed by atoms with Crippen LogP contribution in [-0.4, -0.2) is 39.6 Å². The molecule has 1 saturated heterocycles. The van der Waals surface area contributed by atoms with Gasteiger partial charge in [0, 0.05) is 37.2 Å². The summed E-state index contributed by atoms with van der Waals surface area (Å²) in [7, 11) is 0. The van der Waals surface area contributed by atoms with E-state index in [9.17, 15) is 4.79 Å². The highest BCUT2D eigenvalue weighted by Gasteiger charge is 2.39. The molecule has 0 N–H and O–H groups in total. The van der Waals surface area contributed by atoms with Crippen LogP contribution in [0, 0.1) is 11.8 Å². The smallest absolute Gasteiger partial charge is 0.138 e. The second kappa shape index (κ2) is 6.53. The normalized spacial score (nSPS) is 27.1. The molecule has 0 unspecified atom stereocenters. The Bertz CT molecular complexity index is 508. The SMILES string of the molecule is CCc1cnn(C2CCN(C3CC(C(=O)C(C)C)C3)CC2)c1. The molecule has 4 nitrogen and oxygen atoms in total. The summed E-state index contributed by atoms with van der Waals surface area (Å²) in [6, 6.07) is 1.21. The zero-order valence-corrected chi connectivity index (χ0v) is 14.2. The van der Waals surface area contributed by atoms with Gasteiger partial charge in [-0.25, -0.2) is 0 Å². The van der Waals surface area contributed by atoms with E-state index in [0.29, 0.717) is 23.8 Å². The Labute approximate surface area is 133 Å². The van der Waals surface area contributed by atoms with E-state index in [2.05, 4.69) is 27.8 Å². The van der Waals surface area contributed by atoms with Crippen LogP contribution < -0.4 is 0 Å². The van der Waals surface area contributed by atoms with Gasteiger partial charge in [-0.1, -0.05) is 20.8 Å². The predicted octanol–water partition coefficient (Wildman–Crippen LogP) is 3.09. The van der Waals surface area contributed by atoms with E-state index in [1.54, 1.807) is 0 Å². The molecule has 0 amide bonds. The molecule has 0 bridgehead atoms. The standard InChI is InChI=1S/C18H29N3O/c1-4-14-11-19-21(12-14)16-5-7-20(8-6-16)17-9-15(10-17)18(22)13(2)3/h11-13,15-17H,4-10H2,1-3H3. The quantitative estimate of drug-likeness (QED) is 0.839. The number of piperidine rings is 1. The van der Waals surface area contributed by atoms with Crippen molar-refractivity contribution >= 4 is 5.78 Å². The number of hydrogen-bond donors (Lipinski definition) is 0. The zero-order chi connectivity index (χ0) is 15.7. The van der Waals surface area contributed by atoms with Gasteiger partial charge in [0.2, 0.25) is 0 Å². The number of carbonyl (C=O) groups excluding carboxylic acids is 1. The van der Waals surface area contributed by atoms with Crippen LogP contribution in [0.1, 0.15) is 58.1 Å². The number of hydrogen-bond acceptors (Lipinski definition) is 3. The predicted molar refractivity (Wildman–Crippen MR) is 87.8 cm³/mol. The summed E-state index contributed by atoms with van der Waals surface area (Å²) in [6.07, 6.45) is 9.81. The first kappa shape index (κ1) is 15.7. The van der Waals surface area contributed by atoms with E-state index in [4.69, 9.17) is 0 Å². The second-order valence-electron chi connectivity index (χ2n) is 7.33. The lowest BCUT2D eigenvalue weighted by atomic mass is 9.73. The first-order valence-electron chi connectivity index (χ1n) is 8.89. The van der Waals surface area contributed by atoms with Crippen LogP contribution in [0.25, 0.3) is 0 Å². The Morgan fingerprint density at radius 3 is 2.50 bits per heavy atom. The number of aromatic nitrogens is 2. The lowest BCUT2D eigenvalue weighted by molar-refractivity contribution is -0.130. The van der Waals surface area contributed by atoms with E-state index in [1.165, 1.54) is 18.4 Å². The topological polar surface area (TPSA) is 38.1 Å². The fourth-order valence-electron chi connectivity index (χ4n) is 3.86. The van der Waals surface area contributed by atoms with Gasteiger partial charge >= 0.3 is 0 Å². The largest absolute Gasteiger partial charge is 0.300 e. The summed E-state index contributed by atoms with van der Waals surface area (Å²) in [5, 5.41) is 4.52. The summed E-state index contributed by atoms with van der Waals surface area (Å²) >= 11 is 0. The van der Waals surface area contributed by atoms with Crippen LogP contribution >= 0.6 is 0 Å². The Hall–Kier alpha value is -1.16. The molecule has 0 radical (unpaired) electrons. The molecule has 3 rings (SSSR count). The summed E-state index contributed by atoms with van der Waals surface area (Å²) in [4.78, 5) is 14.6. The fraction of sp³-hybridized carbons (Fsp3) is 0.778. The van der Waals surface area contributed by atoms with E-state index < -0.39 is 0 Å². The molecular formula is C18H29N3O. The highest BCUT2D eigenvalue weighted by Crippen LogP contribution is 2.36. The summed E-state index contributed by atoms with van der Waals surface area (Å²) < 4.78 is 2.17. The van der Waals surface area contributed by atoms with Crippen molar-refractivity contribution in [3.63, 3.8) is 0 Å². The molecule has 22 heavy (non-hydrogen) atoms. The van der Waals surface area contributed by atoms with Crippen LogP contribution in [0.4, 0.5) is 0 Å². The zero-order valence-electron chi connectivity index (χ0n) is 14.2. The lowest BCUT2D eigenvalue weighted by Crippen LogP contribution is -2.50. The Balaban J connectivity index is 1.46. The maximum atomic E-state index is 12.0. The van der Waals surface area contributed by atoms with E-state index in [0.717, 1.165) is 32.4 Å². The summed E-state index contributed by atoms with van der Waals surface area (Å²) in [5.41, 5.74) is 1.33. The third kappa shape index (κ3) is 3.12. The molecule has 1 aromatic rings. The van der Waals surface area contributed by atoms with Crippen LogP contribution in [0.5, 0.6) is 0 Å². The Morgan fingerprint density at radius 1 is 1.27 bits per heavy atom. The molecule has 122 valence electrons. The molecule has 1 aliphatic heterocycles. The number of carbonyl (C=O) groups is 1. The number of ketones is 1. The van der Waals surface area contributed by atoms with Crippen molar-refractivity contribution in [2.24, 2.45) is 11.8 Å². The number of likely N-dealkylation sites (tertiary alicyclic amines) is 1. The monoisotopic (exact) mass is 303 g/mol. The van der Waals surface area contributed by atoms with Crippen molar-refractivity contribution in [1.82, 2.24) is 14.7 Å². The highest BCUT2D eigenvalue weighted by molar-refractivity contribution is 5.83. The molecule has 0 atom stereocenters. The molecule has 2 fully saturated rings. The molecule has 1 saturated carbocycles. The molecular weight excluding hydrogens is 274 g/mol. The van der Waals surface area contributed by atoms with Crippen molar-refractivity contribution in [3.05, 3.63) is 18.0 Å². The van der Waals surface area contributed by atoms with Crippen molar-refractivity contribution in [2.75, 3.05) is 13.1 Å². The van der Waals surface area contributed by atoms with Gasteiger partial charge in [-0.15, -0.1) is 0 Å². The van der Waals surface area contributed by atoms with Gasteiger partial charge in [0.1, 0.15) is 5.78 Å². The third-order valence-electron chi connectivity index (χ3n) is 5.54. The maximum absolute atomic E-state index is 12.0. The lowest BCUT2D eigenvalue weighted by Gasteiger charge is -2.45. The van der Waals surface area contributed by atoms with E-state index in [1.807, 2.05) is 20.0 Å². The van der Waals surface area contributed by atoms with Gasteiger partial charge in [0.05, 0.1) is 12.2 Å². The molecule has 0 aromatic carbocycles. The van der Waals surface area contributed by atoms with Gasteiger partial charge in [-0.2, -0.15) is 5.10 Å². The van der Waals surface area contributed by atoms with Crippen molar-refractivity contribution in [1.29, 1.82) is 0 Å².